The highest BCUT2D eigenvalue weighted by molar-refractivity contribution is 7.13. The lowest BCUT2D eigenvalue weighted by molar-refractivity contribution is 0.734. The SMILES string of the molecule is CCC(C)c1cccc(-c2cccs2)c1. The maximum Gasteiger partial charge on any atom is 0.0342 e. The molecule has 1 heteroatoms. The Hall–Kier alpha value is -1.08. The van der Waals surface area contributed by atoms with Crippen LogP contribution in [0.15, 0.2) is 41.8 Å². The maximum absolute atomic E-state index is 2.32. The van der Waals surface area contributed by atoms with Crippen molar-refractivity contribution in [1.82, 2.24) is 0 Å². The van der Waals surface area contributed by atoms with Gasteiger partial charge < -0.3 is 0 Å². The van der Waals surface area contributed by atoms with E-state index in [9.17, 15) is 0 Å². The Balaban J connectivity index is 2.35. The monoisotopic (exact) mass is 216 g/mol. The van der Waals surface area contributed by atoms with Crippen molar-refractivity contribution in [3.8, 4) is 10.4 Å². The fourth-order valence-electron chi connectivity index (χ4n) is 1.68. The summed E-state index contributed by atoms with van der Waals surface area (Å²) in [5.41, 5.74) is 2.80. The highest BCUT2D eigenvalue weighted by atomic mass is 32.1. The predicted octanol–water partition coefficient (Wildman–Crippen LogP) is 4.93. The summed E-state index contributed by atoms with van der Waals surface area (Å²) in [5, 5.41) is 2.13. The Morgan fingerprint density at radius 1 is 1.20 bits per heavy atom. The fraction of sp³-hybridized carbons (Fsp3) is 0.286. The molecule has 0 bridgehead atoms. The molecular weight excluding hydrogens is 200 g/mol. The van der Waals surface area contributed by atoms with Gasteiger partial charge in [0.1, 0.15) is 0 Å². The number of hydrogen-bond donors (Lipinski definition) is 0. The zero-order valence-electron chi connectivity index (χ0n) is 9.23. The molecule has 0 amide bonds. The molecule has 1 aromatic carbocycles. The first kappa shape index (κ1) is 10.4. The van der Waals surface area contributed by atoms with Crippen LogP contribution < -0.4 is 0 Å². The van der Waals surface area contributed by atoms with Gasteiger partial charge in [-0.1, -0.05) is 44.2 Å². The molecule has 0 aliphatic rings. The second-order valence-electron chi connectivity index (χ2n) is 3.91. The molecule has 0 saturated heterocycles. The number of benzene rings is 1. The van der Waals surface area contributed by atoms with Gasteiger partial charge in [0.2, 0.25) is 0 Å². The molecule has 1 heterocycles. The minimum absolute atomic E-state index is 0.657. The minimum Gasteiger partial charge on any atom is -0.144 e. The van der Waals surface area contributed by atoms with Gasteiger partial charge >= 0.3 is 0 Å². The van der Waals surface area contributed by atoms with Gasteiger partial charge in [0.05, 0.1) is 0 Å². The average Bonchev–Trinajstić information content (AvgIpc) is 2.82. The molecule has 1 aromatic heterocycles. The number of hydrogen-bond acceptors (Lipinski definition) is 1. The predicted molar refractivity (Wildman–Crippen MR) is 68.5 cm³/mol. The van der Waals surface area contributed by atoms with Gasteiger partial charge in [-0.05, 0) is 34.9 Å². The van der Waals surface area contributed by atoms with E-state index in [0.717, 1.165) is 0 Å². The largest absolute Gasteiger partial charge is 0.144 e. The van der Waals surface area contributed by atoms with Crippen LogP contribution in [0.1, 0.15) is 31.7 Å². The molecule has 78 valence electrons. The van der Waals surface area contributed by atoms with Crippen LogP contribution in [0.4, 0.5) is 0 Å². The van der Waals surface area contributed by atoms with Crippen molar-refractivity contribution in [3.63, 3.8) is 0 Å². The summed E-state index contributed by atoms with van der Waals surface area (Å²) < 4.78 is 0. The van der Waals surface area contributed by atoms with Crippen LogP contribution in [-0.2, 0) is 0 Å². The highest BCUT2D eigenvalue weighted by Crippen LogP contribution is 2.28. The van der Waals surface area contributed by atoms with Gasteiger partial charge in [-0.3, -0.25) is 0 Å². The summed E-state index contributed by atoms with van der Waals surface area (Å²) in [6, 6.07) is 13.2. The first-order valence-corrected chi connectivity index (χ1v) is 6.33. The molecule has 0 saturated carbocycles. The van der Waals surface area contributed by atoms with Crippen LogP contribution in [0.25, 0.3) is 10.4 Å². The summed E-state index contributed by atoms with van der Waals surface area (Å²) in [6.07, 6.45) is 1.20. The Labute approximate surface area is 95.6 Å². The van der Waals surface area contributed by atoms with Crippen LogP contribution in [0.2, 0.25) is 0 Å². The third-order valence-electron chi connectivity index (χ3n) is 2.87. The normalized spacial score (nSPS) is 12.7. The van der Waals surface area contributed by atoms with E-state index < -0.39 is 0 Å². The molecule has 2 rings (SSSR count). The van der Waals surface area contributed by atoms with Gasteiger partial charge in [-0.25, -0.2) is 0 Å². The Kier molecular flexibility index (Phi) is 3.22. The summed E-state index contributed by atoms with van der Waals surface area (Å²) in [4.78, 5) is 1.36. The van der Waals surface area contributed by atoms with Crippen molar-refractivity contribution in [2.45, 2.75) is 26.2 Å². The smallest absolute Gasteiger partial charge is 0.0342 e. The maximum atomic E-state index is 2.32. The van der Waals surface area contributed by atoms with Crippen molar-refractivity contribution in [3.05, 3.63) is 47.3 Å². The minimum atomic E-state index is 0.657. The van der Waals surface area contributed by atoms with E-state index in [1.807, 2.05) is 0 Å². The lowest BCUT2D eigenvalue weighted by atomic mass is 9.97. The third kappa shape index (κ3) is 2.29. The van der Waals surface area contributed by atoms with Gasteiger partial charge in [-0.2, -0.15) is 0 Å². The van der Waals surface area contributed by atoms with Crippen molar-refractivity contribution in [1.29, 1.82) is 0 Å². The fourth-order valence-corrected chi connectivity index (χ4v) is 2.40. The van der Waals surface area contributed by atoms with E-state index in [4.69, 9.17) is 0 Å². The van der Waals surface area contributed by atoms with Crippen LogP contribution in [-0.4, -0.2) is 0 Å². The first-order chi connectivity index (χ1) is 7.31. The molecule has 0 N–H and O–H groups in total. The summed E-state index contributed by atoms with van der Waals surface area (Å²) >= 11 is 1.80. The molecule has 0 fully saturated rings. The summed E-state index contributed by atoms with van der Waals surface area (Å²) in [6.45, 7) is 4.52. The van der Waals surface area contributed by atoms with Crippen molar-refractivity contribution < 1.29 is 0 Å². The van der Waals surface area contributed by atoms with E-state index in [-0.39, 0.29) is 0 Å². The van der Waals surface area contributed by atoms with Crippen molar-refractivity contribution >= 4 is 11.3 Å². The van der Waals surface area contributed by atoms with Crippen LogP contribution >= 0.6 is 11.3 Å². The Morgan fingerprint density at radius 2 is 2.07 bits per heavy atom. The Bertz CT molecular complexity index is 415. The van der Waals surface area contributed by atoms with Crippen LogP contribution in [0.3, 0.4) is 0 Å². The second kappa shape index (κ2) is 4.63. The van der Waals surface area contributed by atoms with Crippen LogP contribution in [0.5, 0.6) is 0 Å². The topological polar surface area (TPSA) is 0 Å². The lowest BCUT2D eigenvalue weighted by Crippen LogP contribution is -1.90. The molecule has 0 aliphatic heterocycles. The molecule has 0 nitrogen and oxygen atoms in total. The van der Waals surface area contributed by atoms with Crippen molar-refractivity contribution in [2.75, 3.05) is 0 Å². The molecule has 2 aromatic rings. The van der Waals surface area contributed by atoms with Gasteiger partial charge in [0.25, 0.3) is 0 Å². The van der Waals surface area contributed by atoms with E-state index >= 15 is 0 Å². The lowest BCUT2D eigenvalue weighted by Gasteiger charge is -2.09. The molecule has 0 aliphatic carbocycles. The van der Waals surface area contributed by atoms with Gasteiger partial charge in [-0.15, -0.1) is 11.3 Å². The molecule has 0 spiro atoms. The van der Waals surface area contributed by atoms with E-state index in [1.165, 1.54) is 22.4 Å². The van der Waals surface area contributed by atoms with Crippen LogP contribution in [0, 0.1) is 0 Å². The first-order valence-electron chi connectivity index (χ1n) is 5.45. The van der Waals surface area contributed by atoms with E-state index in [0.29, 0.717) is 5.92 Å². The number of thiophene rings is 1. The molecule has 15 heavy (non-hydrogen) atoms. The third-order valence-corrected chi connectivity index (χ3v) is 3.79. The molecular formula is C14H16S. The zero-order chi connectivity index (χ0) is 10.7. The molecule has 0 radical (unpaired) electrons. The van der Waals surface area contributed by atoms with Gasteiger partial charge in [0, 0.05) is 4.88 Å². The highest BCUT2D eigenvalue weighted by Gasteiger charge is 2.04. The van der Waals surface area contributed by atoms with Gasteiger partial charge in [0.15, 0.2) is 0 Å². The quantitative estimate of drug-likeness (QED) is 0.682. The second-order valence-corrected chi connectivity index (χ2v) is 4.86. The average molecular weight is 216 g/mol. The standard InChI is InChI=1S/C14H16S/c1-3-11(2)12-6-4-7-13(10-12)14-8-5-9-15-14/h4-11H,3H2,1-2H3. The number of rotatable bonds is 3. The molecule has 1 unspecified atom stereocenters. The van der Waals surface area contributed by atoms with E-state index in [1.54, 1.807) is 11.3 Å². The molecule has 1 atom stereocenters. The summed E-state index contributed by atoms with van der Waals surface area (Å²) in [7, 11) is 0. The Morgan fingerprint density at radius 3 is 2.73 bits per heavy atom. The summed E-state index contributed by atoms with van der Waals surface area (Å²) in [5.74, 6) is 0.657. The zero-order valence-corrected chi connectivity index (χ0v) is 10.1. The van der Waals surface area contributed by atoms with Crippen molar-refractivity contribution in [2.24, 2.45) is 0 Å². The van der Waals surface area contributed by atoms with E-state index in [2.05, 4.69) is 55.6 Å².